The number of anilines is 3. The van der Waals surface area contributed by atoms with Crippen molar-refractivity contribution in [3.05, 3.63) is 101 Å². The highest BCUT2D eigenvalue weighted by atomic mass is 32.3. The zero-order chi connectivity index (χ0) is 33.6. The molecule has 18 nitrogen and oxygen atoms in total. The van der Waals surface area contributed by atoms with Crippen LogP contribution in [0.1, 0.15) is 12.5 Å². The van der Waals surface area contributed by atoms with Crippen LogP contribution in [0.3, 0.4) is 0 Å². The number of azo groups is 1. The fraction of sp³-hybridized carbons (Fsp3) is 0.130. The Hall–Kier alpha value is -5.48. The van der Waals surface area contributed by atoms with Crippen molar-refractivity contribution in [1.29, 1.82) is 0 Å². The maximum Gasteiger partial charge on any atom is 0.333 e. The van der Waals surface area contributed by atoms with Crippen LogP contribution in [0, 0.1) is 47.4 Å². The number of nitrogens with zero attached hydrogens (tertiary/aromatic N) is 7. The Bertz CT molecular complexity index is 1930. The van der Waals surface area contributed by atoms with Gasteiger partial charge < -0.3 is 10.6 Å². The van der Waals surface area contributed by atoms with Crippen LogP contribution in [0.25, 0.3) is 0 Å². The molecule has 0 atom stereocenters. The molecule has 236 valence electrons. The van der Waals surface area contributed by atoms with Crippen LogP contribution in [0.2, 0.25) is 0 Å². The predicted molar refractivity (Wildman–Crippen MR) is 162 cm³/mol. The van der Waals surface area contributed by atoms with Crippen LogP contribution in [-0.4, -0.2) is 34.7 Å². The van der Waals surface area contributed by atoms with Gasteiger partial charge in [-0.3, -0.25) is 40.5 Å². The standard InChI is InChI=1S/C19H16FN5O6S2.C4H3N3O4S/c1-3-23(14-5-7-15(8-6-14)33(20,30)31)16-9-4-13(10-12(16)2)21-22-19-17(24(26)27)11-18(32-19)25(28)29;5-4-2(6(8)9)1-3(12-4)7(10)11/h4-11H,3H2,1-2H3;1H,5H2. The van der Waals surface area contributed by atoms with Gasteiger partial charge in [0.05, 0.1) is 30.3 Å². The van der Waals surface area contributed by atoms with Gasteiger partial charge in [-0.05, 0) is 84.5 Å². The van der Waals surface area contributed by atoms with E-state index in [2.05, 4.69) is 10.2 Å². The molecule has 0 spiro atoms. The Morgan fingerprint density at radius 2 is 1.38 bits per heavy atom. The third-order valence-electron chi connectivity index (χ3n) is 5.63. The number of halogens is 1. The van der Waals surface area contributed by atoms with Gasteiger partial charge in [-0.1, -0.05) is 0 Å². The third kappa shape index (κ3) is 8.33. The molecule has 0 saturated heterocycles. The van der Waals surface area contributed by atoms with E-state index < -0.39 is 51.2 Å². The smallest absolute Gasteiger partial charge is 0.333 e. The largest absolute Gasteiger partial charge is 0.385 e. The normalized spacial score (nSPS) is 11.1. The molecule has 45 heavy (non-hydrogen) atoms. The number of nitro groups is 4. The Kier molecular flexibility index (Phi) is 10.5. The van der Waals surface area contributed by atoms with Crippen molar-refractivity contribution >= 4 is 81.3 Å². The highest BCUT2D eigenvalue weighted by Crippen LogP contribution is 2.42. The lowest BCUT2D eigenvalue weighted by Crippen LogP contribution is -2.17. The maximum absolute atomic E-state index is 13.1. The Morgan fingerprint density at radius 1 is 0.822 bits per heavy atom. The Balaban J connectivity index is 0.000000385. The Labute approximate surface area is 259 Å². The molecular formula is C23H19FN8O10S3. The number of hydrogen-bond donors (Lipinski definition) is 1. The second kappa shape index (κ2) is 13.9. The van der Waals surface area contributed by atoms with E-state index in [-0.39, 0.29) is 15.0 Å². The van der Waals surface area contributed by atoms with E-state index in [1.807, 2.05) is 11.8 Å². The van der Waals surface area contributed by atoms with Gasteiger partial charge in [-0.15, -0.1) is 14.1 Å². The van der Waals surface area contributed by atoms with E-state index >= 15 is 0 Å². The molecule has 0 bridgehead atoms. The summed E-state index contributed by atoms with van der Waals surface area (Å²) in [6.45, 7) is 4.21. The monoisotopic (exact) mass is 682 g/mol. The summed E-state index contributed by atoms with van der Waals surface area (Å²) >= 11 is 1.14. The maximum atomic E-state index is 13.1. The summed E-state index contributed by atoms with van der Waals surface area (Å²) in [5.41, 5.74) is 6.79. The first-order chi connectivity index (χ1) is 21.0. The second-order valence-corrected chi connectivity index (χ2v) is 11.9. The van der Waals surface area contributed by atoms with Crippen molar-refractivity contribution in [1.82, 2.24) is 0 Å². The zero-order valence-electron chi connectivity index (χ0n) is 22.8. The van der Waals surface area contributed by atoms with E-state index in [0.717, 1.165) is 23.4 Å². The predicted octanol–water partition coefficient (Wildman–Crippen LogP) is 7.25. The van der Waals surface area contributed by atoms with Crippen LogP contribution in [-0.2, 0) is 10.2 Å². The van der Waals surface area contributed by atoms with Crippen LogP contribution in [0.5, 0.6) is 0 Å². The molecule has 0 saturated carbocycles. The molecule has 2 aromatic heterocycles. The second-order valence-electron chi connectivity index (χ2n) is 8.48. The van der Waals surface area contributed by atoms with Crippen molar-refractivity contribution < 1.29 is 32.0 Å². The molecule has 0 aliphatic heterocycles. The Morgan fingerprint density at radius 3 is 1.82 bits per heavy atom. The summed E-state index contributed by atoms with van der Waals surface area (Å²) in [6, 6.07) is 12.1. The molecule has 4 aromatic rings. The van der Waals surface area contributed by atoms with Crippen molar-refractivity contribution in [2.24, 2.45) is 10.2 Å². The lowest BCUT2D eigenvalue weighted by atomic mass is 10.1. The summed E-state index contributed by atoms with van der Waals surface area (Å²) in [6.07, 6.45) is 0. The molecule has 0 aliphatic rings. The van der Waals surface area contributed by atoms with E-state index in [0.29, 0.717) is 40.6 Å². The highest BCUT2D eigenvalue weighted by Gasteiger charge is 2.25. The van der Waals surface area contributed by atoms with Gasteiger partial charge in [0.1, 0.15) is 12.1 Å². The molecule has 0 unspecified atom stereocenters. The molecule has 4 rings (SSSR count). The fourth-order valence-corrected chi connectivity index (χ4v) is 5.59. The summed E-state index contributed by atoms with van der Waals surface area (Å²) in [5, 5.41) is 49.0. The molecule has 2 aromatic carbocycles. The van der Waals surface area contributed by atoms with Gasteiger partial charge >= 0.3 is 31.6 Å². The number of nitrogen functional groups attached to an aromatic ring is 1. The molecule has 0 amide bonds. The third-order valence-corrected chi connectivity index (χ3v) is 8.34. The van der Waals surface area contributed by atoms with E-state index in [1.54, 1.807) is 25.1 Å². The summed E-state index contributed by atoms with van der Waals surface area (Å²) in [4.78, 5) is 40.8. The molecule has 0 aliphatic carbocycles. The van der Waals surface area contributed by atoms with E-state index in [1.165, 1.54) is 24.3 Å². The minimum Gasteiger partial charge on any atom is -0.385 e. The van der Waals surface area contributed by atoms with Gasteiger partial charge in [0.2, 0.25) is 5.00 Å². The fourth-order valence-electron chi connectivity index (χ4n) is 3.66. The lowest BCUT2D eigenvalue weighted by molar-refractivity contribution is -0.390. The van der Waals surface area contributed by atoms with Gasteiger partial charge in [0.15, 0.2) is 5.00 Å². The molecule has 0 fully saturated rings. The van der Waals surface area contributed by atoms with Crippen LogP contribution in [0.15, 0.2) is 69.7 Å². The summed E-state index contributed by atoms with van der Waals surface area (Å²) in [7, 11) is -4.79. The number of aryl methyl sites for hydroxylation is 1. The number of benzene rings is 2. The molecular weight excluding hydrogens is 663 g/mol. The average molecular weight is 683 g/mol. The van der Waals surface area contributed by atoms with Gasteiger partial charge in [0, 0.05) is 17.9 Å². The number of hydrogen-bond acceptors (Lipinski definition) is 16. The van der Waals surface area contributed by atoms with E-state index in [4.69, 9.17) is 5.73 Å². The van der Waals surface area contributed by atoms with Crippen LogP contribution in [0.4, 0.5) is 52.3 Å². The van der Waals surface area contributed by atoms with Gasteiger partial charge in [-0.2, -0.15) is 8.42 Å². The molecule has 2 N–H and O–H groups in total. The number of rotatable bonds is 10. The quantitative estimate of drug-likeness (QED) is 0.0750. The van der Waals surface area contributed by atoms with Crippen molar-refractivity contribution in [2.75, 3.05) is 17.2 Å². The van der Waals surface area contributed by atoms with Crippen molar-refractivity contribution in [3.63, 3.8) is 0 Å². The molecule has 22 heteroatoms. The van der Waals surface area contributed by atoms with Crippen LogP contribution >= 0.6 is 22.7 Å². The number of thiophene rings is 2. The molecule has 0 radical (unpaired) electrons. The summed E-state index contributed by atoms with van der Waals surface area (Å²) in [5.74, 6) is 0. The first kappa shape index (κ1) is 34.0. The minimum absolute atomic E-state index is 0.147. The van der Waals surface area contributed by atoms with Crippen molar-refractivity contribution in [3.8, 4) is 0 Å². The van der Waals surface area contributed by atoms with Gasteiger partial charge in [0.25, 0.3) is 0 Å². The minimum atomic E-state index is -4.79. The molecule has 2 heterocycles. The van der Waals surface area contributed by atoms with Crippen LogP contribution < -0.4 is 10.6 Å². The average Bonchev–Trinajstić information content (AvgIpc) is 3.58. The lowest BCUT2D eigenvalue weighted by Gasteiger charge is -2.25. The SMILES string of the molecule is CCN(c1ccc(S(=O)(=O)F)cc1)c1ccc(N=Nc2sc([N+](=O)[O-])cc2[N+](=O)[O-])cc1C.Nc1sc([N+](=O)[O-])cc1[N+](=O)[O-]. The first-order valence-electron chi connectivity index (χ1n) is 12.0. The van der Waals surface area contributed by atoms with E-state index in [9.17, 15) is 52.8 Å². The van der Waals surface area contributed by atoms with Gasteiger partial charge in [-0.25, -0.2) is 0 Å². The van der Waals surface area contributed by atoms with Crippen molar-refractivity contribution in [2.45, 2.75) is 18.7 Å². The number of nitrogens with two attached hydrogens (primary N) is 1. The summed E-state index contributed by atoms with van der Waals surface area (Å²) < 4.78 is 35.2. The topological polar surface area (TPSA) is 261 Å². The zero-order valence-corrected chi connectivity index (χ0v) is 25.2. The first-order valence-corrected chi connectivity index (χ1v) is 15.0. The highest BCUT2D eigenvalue weighted by molar-refractivity contribution is 7.86.